The lowest BCUT2D eigenvalue weighted by molar-refractivity contribution is 0.122. The van der Waals surface area contributed by atoms with Crippen LogP contribution >= 0.6 is 0 Å². The van der Waals surface area contributed by atoms with Crippen molar-refractivity contribution < 1.29 is 18.7 Å². The van der Waals surface area contributed by atoms with Gasteiger partial charge in [-0.3, -0.25) is 0 Å². The molecule has 0 unspecified atom stereocenters. The number of nitrogens with one attached hydrogen (secondary N) is 1. The summed E-state index contributed by atoms with van der Waals surface area (Å²) in [6.45, 7) is 4.66. The van der Waals surface area contributed by atoms with Gasteiger partial charge in [-0.05, 0) is 31.2 Å². The average Bonchev–Trinajstić information content (AvgIpc) is 3.32. The zero-order chi connectivity index (χ0) is 24.2. The van der Waals surface area contributed by atoms with Crippen molar-refractivity contribution in [2.75, 3.05) is 43.6 Å². The maximum atomic E-state index is 9.54. The maximum absolute atomic E-state index is 9.54. The molecule has 178 valence electrons. The van der Waals surface area contributed by atoms with Gasteiger partial charge in [-0.1, -0.05) is 11.2 Å². The molecule has 4 aromatic rings. The van der Waals surface area contributed by atoms with Gasteiger partial charge in [0.25, 0.3) is 0 Å². The smallest absolute Gasteiger partial charge is 0.174 e. The van der Waals surface area contributed by atoms with E-state index in [1.807, 2.05) is 37.3 Å². The van der Waals surface area contributed by atoms with E-state index in [0.29, 0.717) is 71.7 Å². The van der Waals surface area contributed by atoms with Crippen LogP contribution in [0.4, 0.5) is 17.3 Å². The lowest BCUT2D eigenvalue weighted by atomic mass is 10.2. The van der Waals surface area contributed by atoms with Crippen LogP contribution in [-0.4, -0.2) is 48.5 Å². The highest BCUT2D eigenvalue weighted by molar-refractivity contribution is 5.86. The predicted molar refractivity (Wildman–Crippen MR) is 129 cm³/mol. The second-order valence-corrected chi connectivity index (χ2v) is 7.99. The van der Waals surface area contributed by atoms with Gasteiger partial charge in [0.05, 0.1) is 31.4 Å². The Morgan fingerprint density at radius 2 is 1.97 bits per heavy atom. The fourth-order valence-electron chi connectivity index (χ4n) is 3.88. The number of para-hydroxylation sites is 1. The van der Waals surface area contributed by atoms with Crippen molar-refractivity contribution in [2.24, 2.45) is 0 Å². The first-order valence-corrected chi connectivity index (χ1v) is 11.2. The second-order valence-electron chi connectivity index (χ2n) is 7.99. The number of fused-ring (bicyclic) bond motifs is 1. The fourth-order valence-corrected chi connectivity index (χ4v) is 3.88. The molecule has 0 saturated carbocycles. The van der Waals surface area contributed by atoms with Gasteiger partial charge in [0.2, 0.25) is 0 Å². The van der Waals surface area contributed by atoms with E-state index in [2.05, 4.69) is 21.4 Å². The number of nitrogens with zero attached hydrogens (tertiary/aromatic N) is 5. The lowest BCUT2D eigenvalue weighted by Gasteiger charge is -2.29. The summed E-state index contributed by atoms with van der Waals surface area (Å²) < 4.78 is 22.0. The van der Waals surface area contributed by atoms with Gasteiger partial charge in [0.1, 0.15) is 29.6 Å². The highest BCUT2D eigenvalue weighted by atomic mass is 16.5. The molecule has 5 rings (SSSR count). The predicted octanol–water partition coefficient (Wildman–Crippen LogP) is 3.97. The van der Waals surface area contributed by atoms with Crippen molar-refractivity contribution >= 4 is 28.4 Å². The van der Waals surface area contributed by atoms with Crippen molar-refractivity contribution in [3.05, 3.63) is 59.5 Å². The fraction of sp³-hybridized carbons (Fsp3) is 0.280. The van der Waals surface area contributed by atoms with E-state index < -0.39 is 0 Å². The Labute approximate surface area is 202 Å². The van der Waals surface area contributed by atoms with E-state index in [9.17, 15) is 5.26 Å². The molecule has 0 atom stereocenters. The molecular weight excluding hydrogens is 448 g/mol. The minimum absolute atomic E-state index is 0.263. The zero-order valence-corrected chi connectivity index (χ0v) is 19.4. The number of aromatic nitrogens is 3. The lowest BCUT2D eigenvalue weighted by Crippen LogP contribution is -2.37. The molecule has 1 aliphatic rings. The molecule has 3 heterocycles. The first kappa shape index (κ1) is 22.4. The van der Waals surface area contributed by atoms with Crippen molar-refractivity contribution in [2.45, 2.75) is 13.5 Å². The molecule has 0 aliphatic carbocycles. The minimum atomic E-state index is 0.263. The van der Waals surface area contributed by atoms with Crippen molar-refractivity contribution in [1.82, 2.24) is 15.1 Å². The number of ether oxygens (including phenoxy) is 3. The van der Waals surface area contributed by atoms with Crippen LogP contribution in [-0.2, 0) is 11.3 Å². The highest BCUT2D eigenvalue weighted by Gasteiger charge is 2.20. The number of aryl methyl sites for hydroxylation is 1. The van der Waals surface area contributed by atoms with E-state index in [0.717, 1.165) is 11.4 Å². The quantitative estimate of drug-likeness (QED) is 0.423. The Morgan fingerprint density at radius 3 is 2.71 bits per heavy atom. The summed E-state index contributed by atoms with van der Waals surface area (Å²) in [7, 11) is 1.59. The maximum Gasteiger partial charge on any atom is 0.174 e. The largest absolute Gasteiger partial charge is 0.493 e. The molecule has 10 nitrogen and oxygen atoms in total. The third-order valence-electron chi connectivity index (χ3n) is 5.59. The van der Waals surface area contributed by atoms with Gasteiger partial charge >= 0.3 is 0 Å². The molecule has 1 N–H and O–H groups in total. The average molecular weight is 473 g/mol. The summed E-state index contributed by atoms with van der Waals surface area (Å²) in [5, 5.41) is 16.9. The first-order valence-electron chi connectivity index (χ1n) is 11.2. The summed E-state index contributed by atoms with van der Waals surface area (Å²) in [5.74, 6) is 3.12. The number of morpholine rings is 1. The van der Waals surface area contributed by atoms with E-state index in [4.69, 9.17) is 28.7 Å². The second kappa shape index (κ2) is 9.87. The molecule has 0 spiro atoms. The van der Waals surface area contributed by atoms with Crippen LogP contribution in [0, 0.1) is 18.3 Å². The summed E-state index contributed by atoms with van der Waals surface area (Å²) >= 11 is 0. The summed E-state index contributed by atoms with van der Waals surface area (Å²) in [5.41, 5.74) is 3.16. The van der Waals surface area contributed by atoms with Gasteiger partial charge < -0.3 is 29.0 Å². The Kier molecular flexibility index (Phi) is 6.32. The molecule has 10 heteroatoms. The van der Waals surface area contributed by atoms with Crippen LogP contribution < -0.4 is 19.7 Å². The van der Waals surface area contributed by atoms with Crippen LogP contribution in [0.15, 0.2) is 47.0 Å². The first-order chi connectivity index (χ1) is 17.1. The van der Waals surface area contributed by atoms with Crippen molar-refractivity contribution in [3.63, 3.8) is 0 Å². The molecule has 2 aromatic heterocycles. The number of anilines is 3. The molecule has 1 aliphatic heterocycles. The Bertz CT molecular complexity index is 1390. The number of rotatable bonds is 7. The summed E-state index contributed by atoms with van der Waals surface area (Å²) in [4.78, 5) is 11.8. The number of methoxy groups -OCH3 is 1. The van der Waals surface area contributed by atoms with Crippen LogP contribution in [0.2, 0.25) is 0 Å². The molecule has 1 fully saturated rings. The normalized spacial score (nSPS) is 13.5. The third-order valence-corrected chi connectivity index (χ3v) is 5.59. The third kappa shape index (κ3) is 4.81. The van der Waals surface area contributed by atoms with Crippen LogP contribution in [0.25, 0.3) is 11.0 Å². The molecule has 0 radical (unpaired) electrons. The SMILES string of the molecule is COc1cc(Nc2nc3cccc(C#N)c3nc2N2CCOCC2)ccc1OCc1cc(C)on1. The van der Waals surface area contributed by atoms with Gasteiger partial charge in [-0.15, -0.1) is 0 Å². The van der Waals surface area contributed by atoms with E-state index >= 15 is 0 Å². The Hall–Kier alpha value is -4.36. The summed E-state index contributed by atoms with van der Waals surface area (Å²) in [6, 6.07) is 15.0. The highest BCUT2D eigenvalue weighted by Crippen LogP contribution is 2.34. The van der Waals surface area contributed by atoms with Gasteiger partial charge in [0, 0.05) is 30.9 Å². The summed E-state index contributed by atoms with van der Waals surface area (Å²) in [6.07, 6.45) is 0. The zero-order valence-electron chi connectivity index (χ0n) is 19.4. The Morgan fingerprint density at radius 1 is 1.11 bits per heavy atom. The number of benzene rings is 2. The van der Waals surface area contributed by atoms with Gasteiger partial charge in [-0.2, -0.15) is 5.26 Å². The van der Waals surface area contributed by atoms with Gasteiger partial charge in [-0.25, -0.2) is 9.97 Å². The molecule has 0 bridgehead atoms. The minimum Gasteiger partial charge on any atom is -0.493 e. The standard InChI is InChI=1S/C25H24N6O4/c1-16-12-19(30-35-16)15-34-21-7-6-18(13-22(21)32-2)27-24-25(31-8-10-33-11-9-31)29-23-17(14-26)4-3-5-20(23)28-24/h3-7,12-13H,8-11,15H2,1-2H3,(H,27,28). The van der Waals surface area contributed by atoms with E-state index in [1.54, 1.807) is 19.2 Å². The molecular formula is C25H24N6O4. The number of hydrogen-bond acceptors (Lipinski definition) is 10. The molecule has 35 heavy (non-hydrogen) atoms. The van der Waals surface area contributed by atoms with Crippen LogP contribution in [0.5, 0.6) is 11.5 Å². The number of hydrogen-bond donors (Lipinski definition) is 1. The van der Waals surface area contributed by atoms with E-state index in [1.165, 1.54) is 0 Å². The van der Waals surface area contributed by atoms with E-state index in [-0.39, 0.29) is 6.61 Å². The Balaban J connectivity index is 1.46. The monoisotopic (exact) mass is 472 g/mol. The van der Waals surface area contributed by atoms with Crippen molar-refractivity contribution in [1.29, 1.82) is 5.26 Å². The van der Waals surface area contributed by atoms with Crippen molar-refractivity contribution in [3.8, 4) is 17.6 Å². The molecule has 0 amide bonds. The molecule has 2 aromatic carbocycles. The van der Waals surface area contributed by atoms with Crippen LogP contribution in [0.3, 0.4) is 0 Å². The topological polar surface area (TPSA) is 119 Å². The van der Waals surface area contributed by atoms with Crippen LogP contribution in [0.1, 0.15) is 17.0 Å². The number of nitriles is 1. The van der Waals surface area contributed by atoms with Gasteiger partial charge in [0.15, 0.2) is 23.1 Å². The molecule has 1 saturated heterocycles.